The molecule has 0 saturated carbocycles. The molecule has 1 aromatic rings. The van der Waals surface area contributed by atoms with Crippen molar-refractivity contribution in [3.05, 3.63) is 23.8 Å². The Morgan fingerprint density at radius 1 is 1.73 bits per heavy atom. The predicted molar refractivity (Wildman–Crippen MR) is 40.3 cm³/mol. The van der Waals surface area contributed by atoms with E-state index in [1.54, 1.807) is 0 Å². The van der Waals surface area contributed by atoms with Gasteiger partial charge in [0.05, 0.1) is 24.9 Å². The van der Waals surface area contributed by atoms with Crippen molar-refractivity contribution in [2.75, 3.05) is 7.11 Å². The van der Waals surface area contributed by atoms with Crippen molar-refractivity contribution >= 4 is 11.6 Å². The standard InChI is InChI=1S/C7H7ClFNO/c1-11-7-4-10-5(3-8)2-6(7)9/h2,4H,3H2,1H3. The topological polar surface area (TPSA) is 22.1 Å². The van der Waals surface area contributed by atoms with Gasteiger partial charge in [0.25, 0.3) is 0 Å². The van der Waals surface area contributed by atoms with Crippen LogP contribution in [0.2, 0.25) is 0 Å². The summed E-state index contributed by atoms with van der Waals surface area (Å²) in [5, 5.41) is 0. The normalized spacial score (nSPS) is 9.73. The maximum atomic E-state index is 12.8. The van der Waals surface area contributed by atoms with Crippen LogP contribution in [0.25, 0.3) is 0 Å². The number of pyridine rings is 1. The molecule has 11 heavy (non-hydrogen) atoms. The molecule has 0 aliphatic heterocycles. The smallest absolute Gasteiger partial charge is 0.172 e. The van der Waals surface area contributed by atoms with Gasteiger partial charge in [-0.25, -0.2) is 4.39 Å². The van der Waals surface area contributed by atoms with E-state index in [0.29, 0.717) is 5.69 Å². The van der Waals surface area contributed by atoms with E-state index >= 15 is 0 Å². The Hall–Kier alpha value is -0.830. The van der Waals surface area contributed by atoms with Gasteiger partial charge >= 0.3 is 0 Å². The third-order valence-electron chi connectivity index (χ3n) is 1.23. The number of hydrogen-bond donors (Lipinski definition) is 0. The number of methoxy groups -OCH3 is 1. The molecule has 0 aliphatic carbocycles. The predicted octanol–water partition coefficient (Wildman–Crippen LogP) is 1.97. The molecule has 4 heteroatoms. The number of ether oxygens (including phenoxy) is 1. The van der Waals surface area contributed by atoms with Crippen molar-refractivity contribution in [3.63, 3.8) is 0 Å². The molecule has 0 amide bonds. The fourth-order valence-corrected chi connectivity index (χ4v) is 0.827. The molecule has 1 aromatic heterocycles. The van der Waals surface area contributed by atoms with E-state index < -0.39 is 5.82 Å². The fourth-order valence-electron chi connectivity index (χ4n) is 0.681. The molecule has 0 atom stereocenters. The van der Waals surface area contributed by atoms with Crippen LogP contribution in [-0.4, -0.2) is 12.1 Å². The van der Waals surface area contributed by atoms with Crippen LogP contribution < -0.4 is 4.74 Å². The molecular weight excluding hydrogens is 169 g/mol. The molecule has 0 saturated heterocycles. The number of halogens is 2. The highest BCUT2D eigenvalue weighted by atomic mass is 35.5. The van der Waals surface area contributed by atoms with E-state index in [9.17, 15) is 4.39 Å². The lowest BCUT2D eigenvalue weighted by Gasteiger charge is -2.00. The molecule has 0 fully saturated rings. The zero-order valence-corrected chi connectivity index (χ0v) is 6.73. The van der Waals surface area contributed by atoms with Crippen molar-refractivity contribution in [2.24, 2.45) is 0 Å². The van der Waals surface area contributed by atoms with Crippen LogP contribution in [0.5, 0.6) is 5.75 Å². The summed E-state index contributed by atoms with van der Waals surface area (Å²) < 4.78 is 17.5. The van der Waals surface area contributed by atoms with E-state index in [-0.39, 0.29) is 11.6 Å². The number of aromatic nitrogens is 1. The summed E-state index contributed by atoms with van der Waals surface area (Å²) in [6.07, 6.45) is 1.31. The minimum absolute atomic E-state index is 0.138. The minimum atomic E-state index is -0.432. The maximum absolute atomic E-state index is 12.8. The average molecular weight is 176 g/mol. The Kier molecular flexibility index (Phi) is 2.65. The van der Waals surface area contributed by atoms with Crippen LogP contribution in [0.3, 0.4) is 0 Å². The molecule has 1 rings (SSSR count). The third-order valence-corrected chi connectivity index (χ3v) is 1.51. The SMILES string of the molecule is COc1cnc(CCl)cc1F. The van der Waals surface area contributed by atoms with E-state index in [0.717, 1.165) is 0 Å². The molecule has 2 nitrogen and oxygen atoms in total. The van der Waals surface area contributed by atoms with Crippen LogP contribution >= 0.6 is 11.6 Å². The highest BCUT2D eigenvalue weighted by Gasteiger charge is 2.02. The van der Waals surface area contributed by atoms with Crippen molar-refractivity contribution in [1.29, 1.82) is 0 Å². The largest absolute Gasteiger partial charge is 0.492 e. The highest BCUT2D eigenvalue weighted by molar-refractivity contribution is 6.16. The second-order valence-corrected chi connectivity index (χ2v) is 2.21. The summed E-state index contributed by atoms with van der Waals surface area (Å²) in [5.41, 5.74) is 0.505. The first-order chi connectivity index (χ1) is 5.27. The number of nitrogens with zero attached hydrogens (tertiary/aromatic N) is 1. The number of rotatable bonds is 2. The van der Waals surface area contributed by atoms with Crippen LogP contribution in [0.15, 0.2) is 12.3 Å². The summed E-state index contributed by atoms with van der Waals surface area (Å²) in [6.45, 7) is 0. The van der Waals surface area contributed by atoms with Gasteiger partial charge in [-0.1, -0.05) is 0 Å². The van der Waals surface area contributed by atoms with E-state index in [1.807, 2.05) is 0 Å². The summed E-state index contributed by atoms with van der Waals surface area (Å²) in [4.78, 5) is 3.83. The summed E-state index contributed by atoms with van der Waals surface area (Å²) >= 11 is 5.42. The lowest BCUT2D eigenvalue weighted by Crippen LogP contribution is -1.92. The Morgan fingerprint density at radius 3 is 2.91 bits per heavy atom. The molecule has 0 N–H and O–H groups in total. The van der Waals surface area contributed by atoms with Crippen LogP contribution in [0.4, 0.5) is 4.39 Å². The molecule has 0 radical (unpaired) electrons. The maximum Gasteiger partial charge on any atom is 0.172 e. The molecule has 1 heterocycles. The molecule has 0 aliphatic rings. The second-order valence-electron chi connectivity index (χ2n) is 1.94. The van der Waals surface area contributed by atoms with Gasteiger partial charge in [0, 0.05) is 6.07 Å². The fraction of sp³-hybridized carbons (Fsp3) is 0.286. The Labute approximate surface area is 69.0 Å². The molecule has 0 spiro atoms. The molecule has 0 aromatic carbocycles. The van der Waals surface area contributed by atoms with E-state index in [1.165, 1.54) is 19.4 Å². The summed E-state index contributed by atoms with van der Waals surface area (Å²) in [6, 6.07) is 1.26. The van der Waals surface area contributed by atoms with Crippen molar-refractivity contribution in [3.8, 4) is 5.75 Å². The van der Waals surface area contributed by atoms with Crippen LogP contribution in [-0.2, 0) is 5.88 Å². The van der Waals surface area contributed by atoms with Gasteiger partial charge in [0.15, 0.2) is 11.6 Å². The van der Waals surface area contributed by atoms with Gasteiger partial charge in [-0.2, -0.15) is 0 Å². The average Bonchev–Trinajstić information content (AvgIpc) is 2.04. The molecular formula is C7H7ClFNO. The van der Waals surface area contributed by atoms with Crippen molar-refractivity contribution in [2.45, 2.75) is 5.88 Å². The summed E-state index contributed by atoms with van der Waals surface area (Å²) in [5.74, 6) is -0.0852. The first kappa shape index (κ1) is 8.27. The quantitative estimate of drug-likeness (QED) is 0.642. The number of hydrogen-bond acceptors (Lipinski definition) is 2. The van der Waals surface area contributed by atoms with Crippen molar-refractivity contribution < 1.29 is 9.13 Å². The molecule has 60 valence electrons. The van der Waals surface area contributed by atoms with Crippen LogP contribution in [0, 0.1) is 5.82 Å². The van der Waals surface area contributed by atoms with Crippen molar-refractivity contribution in [1.82, 2.24) is 4.98 Å². The van der Waals surface area contributed by atoms with Gasteiger partial charge in [0.1, 0.15) is 0 Å². The lowest BCUT2D eigenvalue weighted by atomic mass is 10.3. The Bertz CT molecular complexity index is 254. The van der Waals surface area contributed by atoms with E-state index in [4.69, 9.17) is 11.6 Å². The lowest BCUT2D eigenvalue weighted by molar-refractivity contribution is 0.384. The highest BCUT2D eigenvalue weighted by Crippen LogP contribution is 2.15. The van der Waals surface area contributed by atoms with E-state index in [2.05, 4.69) is 9.72 Å². The second kappa shape index (κ2) is 3.53. The zero-order chi connectivity index (χ0) is 8.27. The van der Waals surface area contributed by atoms with Crippen LogP contribution in [0.1, 0.15) is 5.69 Å². The third kappa shape index (κ3) is 1.80. The van der Waals surface area contributed by atoms with Gasteiger partial charge in [-0.05, 0) is 0 Å². The first-order valence-electron chi connectivity index (χ1n) is 3.02. The van der Waals surface area contributed by atoms with Gasteiger partial charge < -0.3 is 4.74 Å². The monoisotopic (exact) mass is 175 g/mol. The van der Waals surface area contributed by atoms with Gasteiger partial charge in [-0.3, -0.25) is 4.98 Å². The van der Waals surface area contributed by atoms with Gasteiger partial charge in [-0.15, -0.1) is 11.6 Å². The zero-order valence-electron chi connectivity index (χ0n) is 5.97. The molecule has 0 bridgehead atoms. The minimum Gasteiger partial charge on any atom is -0.492 e. The Balaban J connectivity index is 2.99. The molecule has 0 unspecified atom stereocenters. The van der Waals surface area contributed by atoms with Gasteiger partial charge in [0.2, 0.25) is 0 Å². The first-order valence-corrected chi connectivity index (χ1v) is 3.55. The Morgan fingerprint density at radius 2 is 2.45 bits per heavy atom. The summed E-state index contributed by atoms with van der Waals surface area (Å²) in [7, 11) is 1.39. The number of alkyl halides is 1.